The first kappa shape index (κ1) is 13.3. The van der Waals surface area contributed by atoms with Crippen molar-refractivity contribution in [1.82, 2.24) is 0 Å². The van der Waals surface area contributed by atoms with Crippen molar-refractivity contribution in [2.75, 3.05) is 6.61 Å². The fourth-order valence-corrected chi connectivity index (χ4v) is 4.54. The zero-order valence-corrected chi connectivity index (χ0v) is 11.2. The van der Waals surface area contributed by atoms with E-state index in [1.807, 2.05) is 6.92 Å². The Morgan fingerprint density at radius 1 is 1.18 bits per heavy atom. The molecule has 0 radical (unpaired) electrons. The smallest absolute Gasteiger partial charge is 0.0675 e. The summed E-state index contributed by atoms with van der Waals surface area (Å²) in [4.78, 5) is 0. The molecule has 3 N–H and O–H groups in total. The summed E-state index contributed by atoms with van der Waals surface area (Å²) in [5.41, 5.74) is -0.794. The molecule has 2 saturated carbocycles. The van der Waals surface area contributed by atoms with Crippen LogP contribution in [-0.4, -0.2) is 33.6 Å². The molecule has 0 amide bonds. The van der Waals surface area contributed by atoms with Crippen LogP contribution in [0.3, 0.4) is 0 Å². The SMILES string of the molecule is CC1C(O)CCC2(C)C1CCC(C)(O)C2CO. The van der Waals surface area contributed by atoms with E-state index >= 15 is 0 Å². The highest BCUT2D eigenvalue weighted by atomic mass is 16.3. The zero-order chi connectivity index (χ0) is 12.8. The third-order valence-electron chi connectivity index (χ3n) is 5.76. The van der Waals surface area contributed by atoms with Crippen LogP contribution >= 0.6 is 0 Å². The normalized spacial score (nSPS) is 55.4. The molecule has 2 aliphatic carbocycles. The molecule has 0 aromatic heterocycles. The molecule has 0 aliphatic heterocycles. The van der Waals surface area contributed by atoms with Crippen molar-refractivity contribution in [3.05, 3.63) is 0 Å². The van der Waals surface area contributed by atoms with E-state index in [-0.39, 0.29) is 30.0 Å². The minimum atomic E-state index is -0.762. The van der Waals surface area contributed by atoms with Crippen molar-refractivity contribution in [3.63, 3.8) is 0 Å². The van der Waals surface area contributed by atoms with Crippen LogP contribution in [0.15, 0.2) is 0 Å². The third kappa shape index (κ3) is 1.92. The molecule has 0 aromatic rings. The van der Waals surface area contributed by atoms with Crippen LogP contribution in [0.25, 0.3) is 0 Å². The lowest BCUT2D eigenvalue weighted by Gasteiger charge is -2.58. The summed E-state index contributed by atoms with van der Waals surface area (Å²) in [5, 5.41) is 30.1. The minimum absolute atomic E-state index is 0.0326. The number of hydrogen-bond donors (Lipinski definition) is 3. The molecular weight excluding hydrogens is 216 g/mol. The Balaban J connectivity index is 2.31. The second-order valence-electron chi connectivity index (χ2n) is 6.71. The molecule has 2 aliphatic rings. The van der Waals surface area contributed by atoms with Gasteiger partial charge in [0.15, 0.2) is 0 Å². The van der Waals surface area contributed by atoms with Crippen molar-refractivity contribution >= 4 is 0 Å². The van der Waals surface area contributed by atoms with Gasteiger partial charge in [0.1, 0.15) is 0 Å². The Morgan fingerprint density at radius 2 is 1.82 bits per heavy atom. The first-order chi connectivity index (χ1) is 7.83. The number of hydrogen-bond acceptors (Lipinski definition) is 3. The van der Waals surface area contributed by atoms with E-state index < -0.39 is 5.60 Å². The highest BCUT2D eigenvalue weighted by Gasteiger charge is 2.56. The van der Waals surface area contributed by atoms with Gasteiger partial charge in [0.2, 0.25) is 0 Å². The first-order valence-electron chi connectivity index (χ1n) is 6.84. The fraction of sp³-hybridized carbons (Fsp3) is 1.00. The monoisotopic (exact) mass is 242 g/mol. The lowest BCUT2D eigenvalue weighted by atomic mass is 9.49. The van der Waals surface area contributed by atoms with Gasteiger partial charge in [-0.25, -0.2) is 0 Å². The predicted molar refractivity (Wildman–Crippen MR) is 66.4 cm³/mol. The highest BCUT2D eigenvalue weighted by Crippen LogP contribution is 2.57. The van der Waals surface area contributed by atoms with Gasteiger partial charge in [-0.2, -0.15) is 0 Å². The van der Waals surface area contributed by atoms with E-state index in [1.54, 1.807) is 0 Å². The molecule has 0 aromatic carbocycles. The summed E-state index contributed by atoms with van der Waals surface area (Å²) < 4.78 is 0. The van der Waals surface area contributed by atoms with Gasteiger partial charge in [-0.05, 0) is 49.9 Å². The number of fused-ring (bicyclic) bond motifs is 1. The summed E-state index contributed by atoms with van der Waals surface area (Å²) >= 11 is 0. The summed E-state index contributed by atoms with van der Waals surface area (Å²) in [7, 11) is 0. The molecule has 2 rings (SSSR count). The largest absolute Gasteiger partial charge is 0.396 e. The summed E-state index contributed by atoms with van der Waals surface area (Å²) in [6.45, 7) is 6.20. The van der Waals surface area contributed by atoms with Crippen molar-refractivity contribution in [2.24, 2.45) is 23.2 Å². The molecule has 0 saturated heterocycles. The van der Waals surface area contributed by atoms with E-state index in [0.29, 0.717) is 5.92 Å². The maximum Gasteiger partial charge on any atom is 0.0675 e. The molecule has 0 heterocycles. The van der Waals surface area contributed by atoms with E-state index in [9.17, 15) is 15.3 Å². The number of rotatable bonds is 1. The van der Waals surface area contributed by atoms with Crippen LogP contribution in [0.1, 0.15) is 46.5 Å². The number of aliphatic hydroxyl groups excluding tert-OH is 2. The zero-order valence-electron chi connectivity index (χ0n) is 11.2. The first-order valence-corrected chi connectivity index (χ1v) is 6.84. The Kier molecular flexibility index (Phi) is 3.30. The van der Waals surface area contributed by atoms with Crippen LogP contribution in [0.4, 0.5) is 0 Å². The van der Waals surface area contributed by atoms with Crippen molar-refractivity contribution in [3.8, 4) is 0 Å². The van der Waals surface area contributed by atoms with E-state index in [2.05, 4.69) is 13.8 Å². The molecule has 2 fully saturated rings. The summed E-state index contributed by atoms with van der Waals surface area (Å²) in [5.74, 6) is 0.631. The Bertz CT molecular complexity index is 289. The van der Waals surface area contributed by atoms with Crippen LogP contribution < -0.4 is 0 Å². The lowest BCUT2D eigenvalue weighted by Crippen LogP contribution is -2.58. The van der Waals surface area contributed by atoms with E-state index in [0.717, 1.165) is 25.7 Å². The quantitative estimate of drug-likeness (QED) is 0.654. The molecule has 100 valence electrons. The average molecular weight is 242 g/mol. The molecule has 0 spiro atoms. The van der Waals surface area contributed by atoms with Crippen molar-refractivity contribution in [2.45, 2.75) is 58.2 Å². The van der Waals surface area contributed by atoms with Crippen LogP contribution in [0.5, 0.6) is 0 Å². The maximum atomic E-state index is 10.5. The highest BCUT2D eigenvalue weighted by molar-refractivity contribution is 5.05. The average Bonchev–Trinajstić information content (AvgIpc) is 2.23. The van der Waals surface area contributed by atoms with Crippen LogP contribution in [-0.2, 0) is 0 Å². The molecule has 6 atom stereocenters. The Labute approximate surface area is 104 Å². The van der Waals surface area contributed by atoms with Gasteiger partial charge in [-0.3, -0.25) is 0 Å². The van der Waals surface area contributed by atoms with Crippen molar-refractivity contribution in [1.29, 1.82) is 0 Å². The second kappa shape index (κ2) is 4.22. The van der Waals surface area contributed by atoms with Gasteiger partial charge in [-0.15, -0.1) is 0 Å². The van der Waals surface area contributed by atoms with Gasteiger partial charge in [0.25, 0.3) is 0 Å². The Hall–Kier alpha value is -0.120. The third-order valence-corrected chi connectivity index (χ3v) is 5.76. The molecular formula is C14H26O3. The van der Waals surface area contributed by atoms with Gasteiger partial charge in [-0.1, -0.05) is 13.8 Å². The van der Waals surface area contributed by atoms with Crippen LogP contribution in [0.2, 0.25) is 0 Å². The topological polar surface area (TPSA) is 60.7 Å². The van der Waals surface area contributed by atoms with E-state index in [4.69, 9.17) is 0 Å². The van der Waals surface area contributed by atoms with Gasteiger partial charge in [0, 0.05) is 12.5 Å². The minimum Gasteiger partial charge on any atom is -0.396 e. The molecule has 17 heavy (non-hydrogen) atoms. The van der Waals surface area contributed by atoms with E-state index in [1.165, 1.54) is 0 Å². The molecule has 0 bridgehead atoms. The lowest BCUT2D eigenvalue weighted by molar-refractivity contribution is -0.178. The summed E-state index contributed by atoms with van der Waals surface area (Å²) in [6.07, 6.45) is 3.18. The standard InChI is InChI=1S/C14H26O3/c1-9-10-4-7-14(3,17)12(8-15)13(10,2)6-5-11(9)16/h9-12,15-17H,4-8H2,1-3H3. The van der Waals surface area contributed by atoms with Gasteiger partial charge >= 0.3 is 0 Å². The molecule has 3 heteroatoms. The molecule has 3 nitrogen and oxygen atoms in total. The fourth-order valence-electron chi connectivity index (χ4n) is 4.54. The van der Waals surface area contributed by atoms with Crippen LogP contribution in [0, 0.1) is 23.2 Å². The Morgan fingerprint density at radius 3 is 2.41 bits per heavy atom. The number of aliphatic hydroxyl groups is 3. The molecule has 6 unspecified atom stereocenters. The van der Waals surface area contributed by atoms with Crippen molar-refractivity contribution < 1.29 is 15.3 Å². The second-order valence-corrected chi connectivity index (χ2v) is 6.71. The maximum absolute atomic E-state index is 10.5. The van der Waals surface area contributed by atoms with Gasteiger partial charge < -0.3 is 15.3 Å². The summed E-state index contributed by atoms with van der Waals surface area (Å²) in [6, 6.07) is 0. The predicted octanol–water partition coefficient (Wildman–Crippen LogP) is 1.55. The van der Waals surface area contributed by atoms with Gasteiger partial charge in [0.05, 0.1) is 11.7 Å².